The monoisotopic (exact) mass is 299 g/mol. The first-order valence-corrected chi connectivity index (χ1v) is 7.28. The minimum Gasteiger partial charge on any atom is -0.479 e. The van der Waals surface area contributed by atoms with Crippen molar-refractivity contribution in [3.05, 3.63) is 0 Å². The quantitative estimate of drug-likeness (QED) is 0.763. The van der Waals surface area contributed by atoms with E-state index in [2.05, 4.69) is 4.74 Å². The molecule has 0 aromatic carbocycles. The van der Waals surface area contributed by atoms with Crippen LogP contribution in [0.4, 0.5) is 0 Å². The van der Waals surface area contributed by atoms with Crippen molar-refractivity contribution in [1.82, 2.24) is 4.90 Å². The van der Waals surface area contributed by atoms with E-state index >= 15 is 0 Å². The number of piperidine rings is 1. The Labute approximate surface area is 123 Å². The zero-order chi connectivity index (χ0) is 15.4. The molecular weight excluding hydrogens is 278 g/mol. The van der Waals surface area contributed by atoms with Gasteiger partial charge in [0.2, 0.25) is 0 Å². The predicted molar refractivity (Wildman–Crippen MR) is 71.5 cm³/mol. The lowest BCUT2D eigenvalue weighted by Gasteiger charge is -2.36. The number of carboxylic acids is 1. The molecule has 1 amide bonds. The Hall–Kier alpha value is -1.63. The molecule has 0 spiro atoms. The normalized spacial score (nSPS) is 29.2. The molecule has 21 heavy (non-hydrogen) atoms. The lowest BCUT2D eigenvalue weighted by Crippen LogP contribution is -2.49. The second-order valence-electron chi connectivity index (χ2n) is 5.49. The lowest BCUT2D eigenvalue weighted by molar-refractivity contribution is -0.157. The third-order valence-electron chi connectivity index (χ3n) is 4.11. The van der Waals surface area contributed by atoms with Crippen molar-refractivity contribution >= 4 is 17.8 Å². The molecule has 0 radical (unpaired) electrons. The van der Waals surface area contributed by atoms with Gasteiger partial charge in [-0.25, -0.2) is 4.79 Å². The number of carboxylic acid groups (broad SMARTS) is 1. The average molecular weight is 299 g/mol. The largest absolute Gasteiger partial charge is 0.479 e. The minimum atomic E-state index is -1.03. The number of hydrogen-bond acceptors (Lipinski definition) is 5. The zero-order valence-corrected chi connectivity index (χ0v) is 12.1. The maximum Gasteiger partial charge on any atom is 0.332 e. The summed E-state index contributed by atoms with van der Waals surface area (Å²) in [5.41, 5.74) is 0. The van der Waals surface area contributed by atoms with Gasteiger partial charge in [-0.3, -0.25) is 9.59 Å². The van der Waals surface area contributed by atoms with Crippen molar-refractivity contribution in [3.8, 4) is 0 Å². The third kappa shape index (κ3) is 3.72. The molecular formula is C14H21NO6. The standard InChI is InChI=1S/C14H21NO6/c1-20-12(16)8-9-4-2-3-7-15(9)13(17)10-5-6-11(21-10)14(18)19/h9-11H,2-8H2,1H3,(H,18,19). The molecule has 0 aromatic rings. The van der Waals surface area contributed by atoms with Crippen molar-refractivity contribution in [2.24, 2.45) is 0 Å². The van der Waals surface area contributed by atoms with Gasteiger partial charge in [-0.15, -0.1) is 0 Å². The molecule has 0 aromatic heterocycles. The van der Waals surface area contributed by atoms with Crippen LogP contribution in [0.5, 0.6) is 0 Å². The Morgan fingerprint density at radius 1 is 1.19 bits per heavy atom. The smallest absolute Gasteiger partial charge is 0.332 e. The number of esters is 1. The lowest BCUT2D eigenvalue weighted by atomic mass is 9.98. The molecule has 2 rings (SSSR count). The number of methoxy groups -OCH3 is 1. The van der Waals surface area contributed by atoms with E-state index in [0.29, 0.717) is 19.4 Å². The van der Waals surface area contributed by atoms with E-state index in [9.17, 15) is 14.4 Å². The number of hydrogen-bond donors (Lipinski definition) is 1. The fraction of sp³-hybridized carbons (Fsp3) is 0.786. The highest BCUT2D eigenvalue weighted by atomic mass is 16.5. The maximum atomic E-state index is 12.5. The minimum absolute atomic E-state index is 0.175. The Bertz CT molecular complexity index is 424. The van der Waals surface area contributed by atoms with Gasteiger partial charge in [0.1, 0.15) is 6.10 Å². The van der Waals surface area contributed by atoms with Gasteiger partial charge < -0.3 is 19.5 Å². The van der Waals surface area contributed by atoms with E-state index in [0.717, 1.165) is 19.3 Å². The van der Waals surface area contributed by atoms with Gasteiger partial charge in [0.25, 0.3) is 5.91 Å². The van der Waals surface area contributed by atoms with Gasteiger partial charge in [-0.2, -0.15) is 0 Å². The number of likely N-dealkylation sites (tertiary alicyclic amines) is 1. The summed E-state index contributed by atoms with van der Waals surface area (Å²) in [6.45, 7) is 0.581. The Morgan fingerprint density at radius 3 is 2.52 bits per heavy atom. The summed E-state index contributed by atoms with van der Waals surface area (Å²) >= 11 is 0. The molecule has 0 saturated carbocycles. The first kappa shape index (κ1) is 15.8. The summed E-state index contributed by atoms with van der Waals surface area (Å²) in [5, 5.41) is 8.91. The van der Waals surface area contributed by atoms with Crippen molar-refractivity contribution in [3.63, 3.8) is 0 Å². The number of ether oxygens (including phenoxy) is 2. The Kier molecular flexibility index (Phi) is 5.17. The summed E-state index contributed by atoms with van der Waals surface area (Å²) in [6, 6.07) is -0.175. The highest BCUT2D eigenvalue weighted by Crippen LogP contribution is 2.26. The Balaban J connectivity index is 1.98. The predicted octanol–water partition coefficient (Wildman–Crippen LogP) is 0.563. The first-order valence-electron chi connectivity index (χ1n) is 7.28. The van der Waals surface area contributed by atoms with E-state index in [1.54, 1.807) is 4.90 Å². The second kappa shape index (κ2) is 6.89. The Morgan fingerprint density at radius 2 is 1.90 bits per heavy atom. The van der Waals surface area contributed by atoms with Crippen LogP contribution < -0.4 is 0 Å². The highest BCUT2D eigenvalue weighted by molar-refractivity contribution is 5.83. The molecule has 2 aliphatic heterocycles. The van der Waals surface area contributed by atoms with Crippen LogP contribution in [-0.2, 0) is 23.9 Å². The SMILES string of the molecule is COC(=O)CC1CCCCN1C(=O)C1CCC(C(=O)O)O1. The van der Waals surface area contributed by atoms with E-state index in [4.69, 9.17) is 9.84 Å². The van der Waals surface area contributed by atoms with Crippen LogP contribution in [-0.4, -0.2) is 59.8 Å². The van der Waals surface area contributed by atoms with Gasteiger partial charge in [0.15, 0.2) is 6.10 Å². The van der Waals surface area contributed by atoms with E-state index in [1.165, 1.54) is 7.11 Å². The topological polar surface area (TPSA) is 93.1 Å². The maximum absolute atomic E-state index is 12.5. The fourth-order valence-electron chi connectivity index (χ4n) is 2.96. The molecule has 2 heterocycles. The fourth-order valence-corrected chi connectivity index (χ4v) is 2.96. The number of carbonyl (C=O) groups is 3. The molecule has 118 valence electrons. The highest BCUT2D eigenvalue weighted by Gasteiger charge is 2.39. The van der Waals surface area contributed by atoms with Crippen LogP contribution >= 0.6 is 0 Å². The average Bonchev–Trinajstić information content (AvgIpc) is 2.97. The summed E-state index contributed by atoms with van der Waals surface area (Å²) in [7, 11) is 1.33. The van der Waals surface area contributed by atoms with Gasteiger partial charge in [0, 0.05) is 12.6 Å². The molecule has 2 aliphatic rings. The zero-order valence-electron chi connectivity index (χ0n) is 12.1. The summed E-state index contributed by atoms with van der Waals surface area (Å²) in [6.07, 6.45) is 1.95. The summed E-state index contributed by atoms with van der Waals surface area (Å²) in [5.74, 6) is -1.57. The van der Waals surface area contributed by atoms with Crippen molar-refractivity contribution in [1.29, 1.82) is 0 Å². The van der Waals surface area contributed by atoms with Crippen molar-refractivity contribution in [2.75, 3.05) is 13.7 Å². The molecule has 1 N–H and O–H groups in total. The molecule has 0 bridgehead atoms. The van der Waals surface area contributed by atoms with E-state index in [1.807, 2.05) is 0 Å². The second-order valence-corrected chi connectivity index (χ2v) is 5.49. The van der Waals surface area contributed by atoms with Crippen LogP contribution in [0.3, 0.4) is 0 Å². The van der Waals surface area contributed by atoms with Gasteiger partial charge in [-0.05, 0) is 32.1 Å². The first-order chi connectivity index (χ1) is 10.0. The molecule has 2 saturated heterocycles. The van der Waals surface area contributed by atoms with E-state index in [-0.39, 0.29) is 24.3 Å². The number of nitrogens with zero attached hydrogens (tertiary/aromatic N) is 1. The van der Waals surface area contributed by atoms with Gasteiger partial charge >= 0.3 is 11.9 Å². The van der Waals surface area contributed by atoms with Crippen LogP contribution in [0.2, 0.25) is 0 Å². The van der Waals surface area contributed by atoms with Crippen molar-refractivity contribution < 1.29 is 29.0 Å². The summed E-state index contributed by atoms with van der Waals surface area (Å²) < 4.78 is 9.98. The number of carbonyl (C=O) groups excluding carboxylic acids is 2. The molecule has 3 unspecified atom stereocenters. The molecule has 3 atom stereocenters. The van der Waals surface area contributed by atoms with Crippen LogP contribution in [0.25, 0.3) is 0 Å². The number of rotatable bonds is 4. The molecule has 7 heteroatoms. The summed E-state index contributed by atoms with van der Waals surface area (Å²) in [4.78, 5) is 36.5. The van der Waals surface area contributed by atoms with Gasteiger partial charge in [-0.1, -0.05) is 0 Å². The van der Waals surface area contributed by atoms with Crippen LogP contribution in [0, 0.1) is 0 Å². The van der Waals surface area contributed by atoms with Crippen LogP contribution in [0.1, 0.15) is 38.5 Å². The molecule has 0 aliphatic carbocycles. The number of aliphatic carboxylic acids is 1. The molecule has 7 nitrogen and oxygen atoms in total. The van der Waals surface area contributed by atoms with Crippen LogP contribution in [0.15, 0.2) is 0 Å². The third-order valence-corrected chi connectivity index (χ3v) is 4.11. The van der Waals surface area contributed by atoms with Crippen molar-refractivity contribution in [2.45, 2.75) is 56.8 Å². The number of amides is 1. The molecule has 2 fully saturated rings. The van der Waals surface area contributed by atoms with Gasteiger partial charge in [0.05, 0.1) is 13.5 Å². The van der Waals surface area contributed by atoms with E-state index < -0.39 is 18.2 Å².